The Bertz CT molecular complexity index is 889. The lowest BCUT2D eigenvalue weighted by Gasteiger charge is -2.57. The van der Waals surface area contributed by atoms with Crippen molar-refractivity contribution in [1.29, 1.82) is 0 Å². The number of hydrogen-bond acceptors (Lipinski definition) is 0. The second-order valence-electron chi connectivity index (χ2n) is 8.21. The predicted octanol–water partition coefficient (Wildman–Crippen LogP) is 7.41. The maximum atomic E-state index is 2.48. The molecule has 2 aromatic rings. The summed E-state index contributed by atoms with van der Waals surface area (Å²) >= 11 is 0. The second kappa shape index (κ2) is 7.09. The Balaban J connectivity index is 2.17. The van der Waals surface area contributed by atoms with Gasteiger partial charge in [0.15, 0.2) is 0 Å². The number of rotatable bonds is 6. The largest absolute Gasteiger partial charge is 0.0736 e. The van der Waals surface area contributed by atoms with Crippen molar-refractivity contribution in [2.24, 2.45) is 10.8 Å². The number of allylic oxidation sites excluding steroid dienone is 8. The van der Waals surface area contributed by atoms with Crippen LogP contribution in [0, 0.1) is 10.8 Å². The van der Waals surface area contributed by atoms with E-state index in [4.69, 9.17) is 0 Å². The van der Waals surface area contributed by atoms with Crippen molar-refractivity contribution >= 4 is 0 Å². The molecule has 0 radical (unpaired) electrons. The molecular weight excluding hydrogens is 336 g/mol. The summed E-state index contributed by atoms with van der Waals surface area (Å²) in [7, 11) is 0. The minimum atomic E-state index is -0.227. The molecule has 142 valence electrons. The molecule has 0 aromatic heterocycles. The molecule has 1 unspecified atom stereocenters. The van der Waals surface area contributed by atoms with E-state index in [0.717, 1.165) is 12.8 Å². The molecule has 0 fully saturated rings. The van der Waals surface area contributed by atoms with Gasteiger partial charge < -0.3 is 0 Å². The van der Waals surface area contributed by atoms with Crippen molar-refractivity contribution < 1.29 is 0 Å². The minimum Gasteiger partial charge on any atom is -0.0736 e. The molecular formula is C28H30. The third kappa shape index (κ3) is 2.37. The Hall–Kier alpha value is -2.60. The maximum Gasteiger partial charge on any atom is 0.0453 e. The molecule has 1 atom stereocenters. The van der Waals surface area contributed by atoms with Crippen molar-refractivity contribution in [1.82, 2.24) is 0 Å². The lowest BCUT2D eigenvalue weighted by atomic mass is 9.44. The summed E-state index contributed by atoms with van der Waals surface area (Å²) in [5, 5.41) is 0. The Labute approximate surface area is 170 Å². The molecule has 2 aliphatic carbocycles. The molecule has 0 saturated carbocycles. The lowest BCUT2D eigenvalue weighted by molar-refractivity contribution is 0.156. The molecule has 0 N–H and O–H groups in total. The van der Waals surface area contributed by atoms with Gasteiger partial charge in [-0.15, -0.1) is 0 Å². The third-order valence-electron chi connectivity index (χ3n) is 7.08. The fraction of sp³-hybridized carbons (Fsp3) is 0.286. The van der Waals surface area contributed by atoms with Crippen molar-refractivity contribution in [3.8, 4) is 0 Å². The van der Waals surface area contributed by atoms with E-state index >= 15 is 0 Å². The van der Waals surface area contributed by atoms with Gasteiger partial charge in [-0.1, -0.05) is 130 Å². The first-order valence-corrected chi connectivity index (χ1v) is 10.5. The zero-order chi connectivity index (χ0) is 19.7. The third-order valence-corrected chi connectivity index (χ3v) is 7.08. The fourth-order valence-electron chi connectivity index (χ4n) is 5.97. The van der Waals surface area contributed by atoms with Crippen LogP contribution in [0.25, 0.3) is 0 Å². The molecule has 0 heteroatoms. The molecule has 0 amide bonds. The molecule has 0 heterocycles. The highest BCUT2D eigenvalue weighted by Crippen LogP contribution is 2.65. The summed E-state index contributed by atoms with van der Waals surface area (Å²) in [6.45, 7) is 7.06. The summed E-state index contributed by atoms with van der Waals surface area (Å²) < 4.78 is 0. The van der Waals surface area contributed by atoms with Crippen molar-refractivity contribution in [3.63, 3.8) is 0 Å². The van der Waals surface area contributed by atoms with E-state index in [9.17, 15) is 0 Å². The lowest BCUT2D eigenvalue weighted by Crippen LogP contribution is -2.55. The van der Waals surface area contributed by atoms with E-state index in [1.54, 1.807) is 0 Å². The van der Waals surface area contributed by atoms with E-state index in [1.807, 2.05) is 0 Å². The van der Waals surface area contributed by atoms with Gasteiger partial charge >= 0.3 is 0 Å². The Morgan fingerprint density at radius 3 is 1.71 bits per heavy atom. The normalized spacial score (nSPS) is 22.6. The SMILES string of the molecule is CCC1=CC=CC1(CC)C(c1ccccc1)(c1ccccc1)C1(C)C=CC=C1. The van der Waals surface area contributed by atoms with Gasteiger partial charge in [0, 0.05) is 16.2 Å². The Kier molecular flexibility index (Phi) is 4.75. The Morgan fingerprint density at radius 1 is 0.714 bits per heavy atom. The van der Waals surface area contributed by atoms with Gasteiger partial charge in [-0.05, 0) is 24.0 Å². The van der Waals surface area contributed by atoms with Gasteiger partial charge in [0.2, 0.25) is 0 Å². The molecule has 0 bridgehead atoms. The highest BCUT2D eigenvalue weighted by atomic mass is 14.6. The summed E-state index contributed by atoms with van der Waals surface area (Å²) in [6.07, 6.45) is 18.5. The van der Waals surface area contributed by atoms with Crippen LogP contribution in [0.4, 0.5) is 0 Å². The predicted molar refractivity (Wildman–Crippen MR) is 120 cm³/mol. The van der Waals surface area contributed by atoms with Gasteiger partial charge in [-0.25, -0.2) is 0 Å². The van der Waals surface area contributed by atoms with Crippen LogP contribution in [0.15, 0.2) is 109 Å². The average molecular weight is 367 g/mol. The van der Waals surface area contributed by atoms with Crippen molar-refractivity contribution in [2.45, 2.75) is 39.0 Å². The molecule has 2 aromatic carbocycles. The quantitative estimate of drug-likeness (QED) is 0.499. The first-order valence-electron chi connectivity index (χ1n) is 10.5. The zero-order valence-corrected chi connectivity index (χ0v) is 17.2. The van der Waals surface area contributed by atoms with Crippen molar-refractivity contribution in [2.75, 3.05) is 0 Å². The molecule has 4 rings (SSSR count). The molecule has 0 saturated heterocycles. The van der Waals surface area contributed by atoms with E-state index < -0.39 is 0 Å². The monoisotopic (exact) mass is 366 g/mol. The van der Waals surface area contributed by atoms with Crippen LogP contribution in [0.1, 0.15) is 44.7 Å². The Morgan fingerprint density at radius 2 is 1.25 bits per heavy atom. The molecule has 2 aliphatic rings. The number of hydrogen-bond donors (Lipinski definition) is 0. The van der Waals surface area contributed by atoms with Crippen LogP contribution < -0.4 is 0 Å². The average Bonchev–Trinajstić information content (AvgIpc) is 3.38. The molecule has 28 heavy (non-hydrogen) atoms. The summed E-state index contributed by atoms with van der Waals surface area (Å²) in [6, 6.07) is 22.3. The summed E-state index contributed by atoms with van der Waals surface area (Å²) in [5.74, 6) is 0. The van der Waals surface area contributed by atoms with Crippen LogP contribution >= 0.6 is 0 Å². The minimum absolute atomic E-state index is 0.0712. The van der Waals surface area contributed by atoms with Crippen LogP contribution in [-0.4, -0.2) is 0 Å². The first-order chi connectivity index (χ1) is 13.6. The van der Waals surface area contributed by atoms with Crippen LogP contribution in [0.3, 0.4) is 0 Å². The standard InChI is InChI=1S/C28H30/c1-4-23-19-14-22-27(23,5-2)28(24-15-8-6-9-16-24,25-17-10-7-11-18-25)26(3)20-12-13-21-26/h6-22H,4-5H2,1-3H3. The summed E-state index contributed by atoms with van der Waals surface area (Å²) in [4.78, 5) is 0. The van der Waals surface area contributed by atoms with E-state index in [0.29, 0.717) is 0 Å². The first kappa shape index (κ1) is 18.7. The van der Waals surface area contributed by atoms with Gasteiger partial charge in [0.25, 0.3) is 0 Å². The number of benzene rings is 2. The summed E-state index contributed by atoms with van der Waals surface area (Å²) in [5.41, 5.74) is 3.86. The second-order valence-corrected chi connectivity index (χ2v) is 8.21. The van der Waals surface area contributed by atoms with Crippen LogP contribution in [0.5, 0.6) is 0 Å². The van der Waals surface area contributed by atoms with E-state index in [1.165, 1.54) is 16.7 Å². The molecule has 0 spiro atoms. The van der Waals surface area contributed by atoms with Crippen LogP contribution in [0.2, 0.25) is 0 Å². The van der Waals surface area contributed by atoms with Gasteiger partial charge in [-0.3, -0.25) is 0 Å². The van der Waals surface area contributed by atoms with Gasteiger partial charge in [0.05, 0.1) is 0 Å². The van der Waals surface area contributed by atoms with E-state index in [2.05, 4.69) is 124 Å². The zero-order valence-electron chi connectivity index (χ0n) is 17.2. The fourth-order valence-corrected chi connectivity index (χ4v) is 5.97. The highest BCUT2D eigenvalue weighted by molar-refractivity contribution is 5.57. The highest BCUT2D eigenvalue weighted by Gasteiger charge is 2.61. The van der Waals surface area contributed by atoms with Gasteiger partial charge in [0.1, 0.15) is 0 Å². The molecule has 0 aliphatic heterocycles. The smallest absolute Gasteiger partial charge is 0.0453 e. The maximum absolute atomic E-state index is 2.48. The van der Waals surface area contributed by atoms with Crippen molar-refractivity contribution in [3.05, 3.63) is 120 Å². The topological polar surface area (TPSA) is 0 Å². The molecule has 0 nitrogen and oxygen atoms in total. The van der Waals surface area contributed by atoms with Crippen LogP contribution in [-0.2, 0) is 5.41 Å². The van der Waals surface area contributed by atoms with Gasteiger partial charge in [-0.2, -0.15) is 0 Å². The van der Waals surface area contributed by atoms with E-state index in [-0.39, 0.29) is 16.2 Å².